The van der Waals surface area contributed by atoms with Crippen molar-refractivity contribution in [1.82, 2.24) is 4.31 Å². The van der Waals surface area contributed by atoms with Crippen molar-refractivity contribution in [2.45, 2.75) is 4.90 Å². The molecule has 0 saturated carbocycles. The van der Waals surface area contributed by atoms with Crippen molar-refractivity contribution in [3.63, 3.8) is 0 Å². The third-order valence-corrected chi connectivity index (χ3v) is 7.11. The maximum absolute atomic E-state index is 13.8. The Bertz CT molecular complexity index is 1180. The molecule has 0 spiro atoms. The summed E-state index contributed by atoms with van der Waals surface area (Å²) in [5.74, 6) is -1.13. The SMILES string of the molecule is O=C(Nc1ccccc1F)c1cccc(S(=O)(=O)N2CCN(c3ccccc3)CC2)c1. The van der Waals surface area contributed by atoms with Gasteiger partial charge < -0.3 is 10.2 Å². The number of rotatable bonds is 5. The van der Waals surface area contributed by atoms with Crippen LogP contribution < -0.4 is 10.2 Å². The van der Waals surface area contributed by atoms with Crippen LogP contribution in [-0.2, 0) is 10.0 Å². The fourth-order valence-corrected chi connectivity index (χ4v) is 5.00. The van der Waals surface area contributed by atoms with E-state index in [1.165, 1.54) is 46.8 Å². The molecule has 1 aliphatic heterocycles. The van der Waals surface area contributed by atoms with Gasteiger partial charge in [0.05, 0.1) is 10.6 Å². The summed E-state index contributed by atoms with van der Waals surface area (Å²) in [6.45, 7) is 1.86. The van der Waals surface area contributed by atoms with Crippen molar-refractivity contribution in [3.05, 3.63) is 90.2 Å². The summed E-state index contributed by atoms with van der Waals surface area (Å²) in [6.07, 6.45) is 0. The Balaban J connectivity index is 1.48. The van der Waals surface area contributed by atoms with Crippen molar-refractivity contribution < 1.29 is 17.6 Å². The van der Waals surface area contributed by atoms with E-state index in [0.717, 1.165) is 5.69 Å². The summed E-state index contributed by atoms with van der Waals surface area (Å²) in [4.78, 5) is 14.7. The third kappa shape index (κ3) is 4.60. The van der Waals surface area contributed by atoms with Crippen molar-refractivity contribution in [2.24, 2.45) is 0 Å². The van der Waals surface area contributed by atoms with Gasteiger partial charge in [0.15, 0.2) is 0 Å². The number of carbonyl (C=O) groups excluding carboxylic acids is 1. The number of benzene rings is 3. The van der Waals surface area contributed by atoms with Crippen molar-refractivity contribution in [1.29, 1.82) is 0 Å². The molecule has 160 valence electrons. The Kier molecular flexibility index (Phi) is 6.01. The highest BCUT2D eigenvalue weighted by atomic mass is 32.2. The second-order valence-electron chi connectivity index (χ2n) is 7.19. The smallest absolute Gasteiger partial charge is 0.255 e. The lowest BCUT2D eigenvalue weighted by atomic mass is 10.2. The zero-order chi connectivity index (χ0) is 21.8. The number of hydrogen-bond acceptors (Lipinski definition) is 4. The molecule has 1 N–H and O–H groups in total. The first-order valence-electron chi connectivity index (χ1n) is 9.91. The van der Waals surface area contributed by atoms with Gasteiger partial charge in [0.1, 0.15) is 5.82 Å². The molecule has 0 aromatic heterocycles. The minimum atomic E-state index is -3.75. The lowest BCUT2D eigenvalue weighted by Crippen LogP contribution is -2.48. The van der Waals surface area contributed by atoms with Crippen LogP contribution in [0.3, 0.4) is 0 Å². The summed E-state index contributed by atoms with van der Waals surface area (Å²) in [6, 6.07) is 21.5. The number of nitrogens with zero attached hydrogens (tertiary/aromatic N) is 2. The molecule has 3 aromatic carbocycles. The molecular formula is C23H22FN3O3S. The van der Waals surface area contributed by atoms with Crippen LogP contribution in [0.4, 0.5) is 15.8 Å². The highest BCUT2D eigenvalue weighted by molar-refractivity contribution is 7.89. The van der Waals surface area contributed by atoms with Crippen LogP contribution in [0.25, 0.3) is 0 Å². The molecule has 0 atom stereocenters. The number of sulfonamides is 1. The third-order valence-electron chi connectivity index (χ3n) is 5.22. The molecule has 1 saturated heterocycles. The predicted octanol–water partition coefficient (Wildman–Crippen LogP) is 3.59. The highest BCUT2D eigenvalue weighted by Crippen LogP contribution is 2.22. The van der Waals surface area contributed by atoms with E-state index in [2.05, 4.69) is 10.2 Å². The summed E-state index contributed by atoms with van der Waals surface area (Å²) in [7, 11) is -3.75. The Hall–Kier alpha value is -3.23. The number of nitrogens with one attached hydrogen (secondary N) is 1. The first-order chi connectivity index (χ1) is 14.9. The normalized spacial score (nSPS) is 14.9. The Morgan fingerprint density at radius 2 is 1.52 bits per heavy atom. The first kappa shape index (κ1) is 21.0. The molecule has 1 fully saturated rings. The molecule has 1 aliphatic rings. The molecule has 31 heavy (non-hydrogen) atoms. The lowest BCUT2D eigenvalue weighted by Gasteiger charge is -2.35. The van der Waals surface area contributed by atoms with E-state index in [9.17, 15) is 17.6 Å². The molecule has 3 aromatic rings. The van der Waals surface area contributed by atoms with Crippen LogP contribution in [0.1, 0.15) is 10.4 Å². The summed E-state index contributed by atoms with van der Waals surface area (Å²) >= 11 is 0. The molecule has 6 nitrogen and oxygen atoms in total. The van der Waals surface area contributed by atoms with Crippen LogP contribution in [-0.4, -0.2) is 44.8 Å². The molecule has 0 bridgehead atoms. The first-order valence-corrected chi connectivity index (χ1v) is 11.4. The number of halogens is 1. The predicted molar refractivity (Wildman–Crippen MR) is 118 cm³/mol. The summed E-state index contributed by atoms with van der Waals surface area (Å²) in [5.41, 5.74) is 1.25. The van der Waals surface area contributed by atoms with Gasteiger partial charge >= 0.3 is 0 Å². The second kappa shape index (κ2) is 8.87. The van der Waals surface area contributed by atoms with Gasteiger partial charge in [0.25, 0.3) is 5.91 Å². The maximum atomic E-state index is 13.8. The van der Waals surface area contributed by atoms with Gasteiger partial charge in [-0.25, -0.2) is 12.8 Å². The fraction of sp³-hybridized carbons (Fsp3) is 0.174. The van der Waals surface area contributed by atoms with E-state index < -0.39 is 21.7 Å². The number of carbonyl (C=O) groups is 1. The highest BCUT2D eigenvalue weighted by Gasteiger charge is 2.29. The van der Waals surface area contributed by atoms with Crippen LogP contribution in [0.15, 0.2) is 83.8 Å². The van der Waals surface area contributed by atoms with Gasteiger partial charge in [-0.3, -0.25) is 4.79 Å². The Morgan fingerprint density at radius 3 is 2.23 bits per heavy atom. The van der Waals surface area contributed by atoms with Crippen molar-refractivity contribution in [3.8, 4) is 0 Å². The number of hydrogen-bond donors (Lipinski definition) is 1. The topological polar surface area (TPSA) is 69.7 Å². The van der Waals surface area contributed by atoms with E-state index in [1.807, 2.05) is 30.3 Å². The van der Waals surface area contributed by atoms with E-state index in [4.69, 9.17) is 0 Å². The van der Waals surface area contributed by atoms with Gasteiger partial charge in [0.2, 0.25) is 10.0 Å². The minimum Gasteiger partial charge on any atom is -0.369 e. The van der Waals surface area contributed by atoms with Crippen molar-refractivity contribution in [2.75, 3.05) is 36.4 Å². The van der Waals surface area contributed by atoms with E-state index in [0.29, 0.717) is 26.2 Å². The van der Waals surface area contributed by atoms with E-state index in [1.54, 1.807) is 6.07 Å². The lowest BCUT2D eigenvalue weighted by molar-refractivity contribution is 0.102. The number of para-hydroxylation sites is 2. The molecule has 1 heterocycles. The molecule has 0 unspecified atom stereocenters. The standard InChI is InChI=1S/C23H22FN3O3S/c24-21-11-4-5-12-22(21)25-23(28)18-7-6-10-20(17-18)31(29,30)27-15-13-26(14-16-27)19-8-2-1-3-9-19/h1-12,17H,13-16H2,(H,25,28). The van der Waals surface area contributed by atoms with Gasteiger partial charge in [-0.05, 0) is 42.5 Å². The molecular weight excluding hydrogens is 417 g/mol. The van der Waals surface area contributed by atoms with Gasteiger partial charge in [-0.1, -0.05) is 36.4 Å². The Labute approximate surface area is 181 Å². The molecule has 0 aliphatic carbocycles. The molecule has 1 amide bonds. The molecule has 0 radical (unpaired) electrons. The average molecular weight is 440 g/mol. The zero-order valence-electron chi connectivity index (χ0n) is 16.7. The van der Waals surface area contributed by atoms with Crippen molar-refractivity contribution >= 4 is 27.3 Å². The minimum absolute atomic E-state index is 0.0396. The average Bonchev–Trinajstić information content (AvgIpc) is 2.81. The number of amides is 1. The van der Waals surface area contributed by atoms with Crippen LogP contribution in [0, 0.1) is 5.82 Å². The summed E-state index contributed by atoms with van der Waals surface area (Å²) < 4.78 is 41.5. The van der Waals surface area contributed by atoms with Crippen LogP contribution >= 0.6 is 0 Å². The molecule has 8 heteroatoms. The van der Waals surface area contributed by atoms with Crippen LogP contribution in [0.5, 0.6) is 0 Å². The summed E-state index contributed by atoms with van der Waals surface area (Å²) in [5, 5.41) is 2.48. The van der Waals surface area contributed by atoms with Gasteiger partial charge in [-0.2, -0.15) is 4.31 Å². The van der Waals surface area contributed by atoms with E-state index >= 15 is 0 Å². The second-order valence-corrected chi connectivity index (χ2v) is 9.13. The van der Waals surface area contributed by atoms with Crippen LogP contribution in [0.2, 0.25) is 0 Å². The monoisotopic (exact) mass is 439 g/mol. The number of anilines is 2. The Morgan fingerprint density at radius 1 is 0.839 bits per heavy atom. The fourth-order valence-electron chi connectivity index (χ4n) is 3.53. The molecule has 4 rings (SSSR count). The largest absolute Gasteiger partial charge is 0.369 e. The zero-order valence-corrected chi connectivity index (χ0v) is 17.6. The maximum Gasteiger partial charge on any atom is 0.255 e. The quantitative estimate of drug-likeness (QED) is 0.660. The van der Waals surface area contributed by atoms with E-state index in [-0.39, 0.29) is 16.1 Å². The van der Waals surface area contributed by atoms with Gasteiger partial charge in [0, 0.05) is 37.4 Å². The van der Waals surface area contributed by atoms with Gasteiger partial charge in [-0.15, -0.1) is 0 Å². The number of piperazine rings is 1.